The fraction of sp³-hybridized carbons (Fsp3) is 0.438. The molecule has 0 saturated carbocycles. The van der Waals surface area contributed by atoms with Crippen LogP contribution in [0.25, 0.3) is 10.2 Å². The topological polar surface area (TPSA) is 88.3 Å². The van der Waals surface area contributed by atoms with E-state index in [1.165, 1.54) is 11.8 Å². The van der Waals surface area contributed by atoms with Crippen LogP contribution in [0.15, 0.2) is 28.6 Å². The number of thioether (sulfide) groups is 1. The van der Waals surface area contributed by atoms with E-state index in [0.717, 1.165) is 40.5 Å². The molecule has 8 heteroatoms. The molecule has 2 aromatic rings. The molecule has 0 spiro atoms. The molecule has 6 nitrogen and oxygen atoms in total. The van der Waals surface area contributed by atoms with Gasteiger partial charge in [-0.05, 0) is 25.0 Å². The molecule has 128 valence electrons. The third kappa shape index (κ3) is 4.68. The molecule has 1 aromatic carbocycles. The SMILES string of the molecule is NC(=O)CN1CCC(NC(=O)CSc2nc3ccccc3s2)CC1. The minimum absolute atomic E-state index is 0.0348. The Morgan fingerprint density at radius 3 is 2.79 bits per heavy atom. The van der Waals surface area contributed by atoms with E-state index in [4.69, 9.17) is 5.73 Å². The summed E-state index contributed by atoms with van der Waals surface area (Å²) in [6.07, 6.45) is 1.70. The van der Waals surface area contributed by atoms with Crippen LogP contribution in [0.1, 0.15) is 12.8 Å². The molecule has 1 aromatic heterocycles. The van der Waals surface area contributed by atoms with Crippen LogP contribution in [0, 0.1) is 0 Å². The maximum atomic E-state index is 12.1. The van der Waals surface area contributed by atoms with Crippen molar-refractivity contribution in [2.75, 3.05) is 25.4 Å². The van der Waals surface area contributed by atoms with Crippen LogP contribution in [0.3, 0.4) is 0 Å². The zero-order valence-electron chi connectivity index (χ0n) is 13.2. The summed E-state index contributed by atoms with van der Waals surface area (Å²) in [6.45, 7) is 1.88. The number of rotatable bonds is 6. The minimum Gasteiger partial charge on any atom is -0.369 e. The third-order valence-corrected chi connectivity index (χ3v) is 6.11. The average molecular weight is 364 g/mol. The minimum atomic E-state index is -0.301. The van der Waals surface area contributed by atoms with Crippen LogP contribution >= 0.6 is 23.1 Å². The molecule has 1 aliphatic rings. The van der Waals surface area contributed by atoms with Gasteiger partial charge in [0.1, 0.15) is 0 Å². The number of thiazole rings is 1. The zero-order valence-corrected chi connectivity index (χ0v) is 14.9. The predicted molar refractivity (Wildman–Crippen MR) is 97.1 cm³/mol. The molecular weight excluding hydrogens is 344 g/mol. The number of piperidine rings is 1. The van der Waals surface area contributed by atoms with Gasteiger partial charge in [0.2, 0.25) is 11.8 Å². The van der Waals surface area contributed by atoms with Gasteiger partial charge in [0.05, 0.1) is 22.5 Å². The van der Waals surface area contributed by atoms with Gasteiger partial charge in [-0.1, -0.05) is 23.9 Å². The lowest BCUT2D eigenvalue weighted by atomic mass is 10.1. The van der Waals surface area contributed by atoms with Gasteiger partial charge in [-0.25, -0.2) is 4.98 Å². The molecule has 0 unspecified atom stereocenters. The molecule has 1 aliphatic heterocycles. The van der Waals surface area contributed by atoms with E-state index in [1.54, 1.807) is 11.3 Å². The predicted octanol–water partition coefficient (Wildman–Crippen LogP) is 1.45. The summed E-state index contributed by atoms with van der Waals surface area (Å²) < 4.78 is 2.06. The van der Waals surface area contributed by atoms with Crippen molar-refractivity contribution < 1.29 is 9.59 Å². The number of benzene rings is 1. The van der Waals surface area contributed by atoms with E-state index in [1.807, 2.05) is 29.2 Å². The quantitative estimate of drug-likeness (QED) is 0.758. The number of amides is 2. The lowest BCUT2D eigenvalue weighted by molar-refractivity contribution is -0.121. The van der Waals surface area contributed by atoms with E-state index >= 15 is 0 Å². The second kappa shape index (κ2) is 7.96. The zero-order chi connectivity index (χ0) is 16.9. The number of hydrogen-bond acceptors (Lipinski definition) is 6. The number of fused-ring (bicyclic) bond motifs is 1. The largest absolute Gasteiger partial charge is 0.369 e. The first-order valence-electron chi connectivity index (χ1n) is 7.88. The maximum absolute atomic E-state index is 12.1. The maximum Gasteiger partial charge on any atom is 0.231 e. The summed E-state index contributed by atoms with van der Waals surface area (Å²) in [4.78, 5) is 29.6. The molecule has 0 bridgehead atoms. The molecule has 3 rings (SSSR count). The van der Waals surface area contributed by atoms with Gasteiger partial charge in [0.25, 0.3) is 0 Å². The van der Waals surface area contributed by atoms with Crippen LogP contribution in [0.4, 0.5) is 0 Å². The second-order valence-corrected chi connectivity index (χ2v) is 8.07. The van der Waals surface area contributed by atoms with Crippen LogP contribution in [-0.4, -0.2) is 53.1 Å². The Hall–Kier alpha value is -1.64. The van der Waals surface area contributed by atoms with Crippen LogP contribution in [0.5, 0.6) is 0 Å². The molecular formula is C16H20N4O2S2. The van der Waals surface area contributed by atoms with Gasteiger partial charge in [-0.15, -0.1) is 11.3 Å². The summed E-state index contributed by atoms with van der Waals surface area (Å²) >= 11 is 3.09. The van der Waals surface area contributed by atoms with E-state index in [-0.39, 0.29) is 17.9 Å². The van der Waals surface area contributed by atoms with Crippen LogP contribution in [-0.2, 0) is 9.59 Å². The fourth-order valence-corrected chi connectivity index (χ4v) is 4.64. The number of para-hydroxylation sites is 1. The van der Waals surface area contributed by atoms with Crippen molar-refractivity contribution in [3.05, 3.63) is 24.3 Å². The van der Waals surface area contributed by atoms with Gasteiger partial charge >= 0.3 is 0 Å². The van der Waals surface area contributed by atoms with Gasteiger partial charge in [-0.3, -0.25) is 14.5 Å². The average Bonchev–Trinajstić information content (AvgIpc) is 2.97. The molecule has 0 aliphatic carbocycles. The van der Waals surface area contributed by atoms with Crippen LogP contribution < -0.4 is 11.1 Å². The highest BCUT2D eigenvalue weighted by molar-refractivity contribution is 8.01. The van der Waals surface area contributed by atoms with E-state index in [0.29, 0.717) is 12.3 Å². The summed E-state index contributed by atoms with van der Waals surface area (Å²) in [5.74, 6) is 0.110. The molecule has 2 amide bonds. The Kier molecular flexibility index (Phi) is 5.70. The van der Waals surface area contributed by atoms with Gasteiger partial charge in [0.15, 0.2) is 4.34 Å². The van der Waals surface area contributed by atoms with Crippen molar-refractivity contribution in [2.45, 2.75) is 23.2 Å². The molecule has 24 heavy (non-hydrogen) atoms. The summed E-state index contributed by atoms with van der Waals surface area (Å²) in [7, 11) is 0. The van der Waals surface area contributed by atoms with Crippen molar-refractivity contribution in [1.82, 2.24) is 15.2 Å². The second-order valence-electron chi connectivity index (χ2n) is 5.82. The van der Waals surface area contributed by atoms with Crippen molar-refractivity contribution in [3.8, 4) is 0 Å². The number of nitrogens with one attached hydrogen (secondary N) is 1. The van der Waals surface area contributed by atoms with E-state index in [9.17, 15) is 9.59 Å². The van der Waals surface area contributed by atoms with Gasteiger partial charge < -0.3 is 11.1 Å². The normalized spacial score (nSPS) is 16.3. The highest BCUT2D eigenvalue weighted by Crippen LogP contribution is 2.29. The molecule has 0 atom stereocenters. The van der Waals surface area contributed by atoms with Gasteiger partial charge in [-0.2, -0.15) is 0 Å². The molecule has 1 fully saturated rings. The number of likely N-dealkylation sites (tertiary alicyclic amines) is 1. The molecule has 1 saturated heterocycles. The molecule has 3 N–H and O–H groups in total. The van der Waals surface area contributed by atoms with Crippen molar-refractivity contribution in [3.63, 3.8) is 0 Å². The number of carbonyl (C=O) groups is 2. The Morgan fingerprint density at radius 1 is 1.33 bits per heavy atom. The smallest absolute Gasteiger partial charge is 0.231 e. The van der Waals surface area contributed by atoms with Crippen molar-refractivity contribution in [1.29, 1.82) is 0 Å². The number of carbonyl (C=O) groups excluding carboxylic acids is 2. The summed E-state index contributed by atoms with van der Waals surface area (Å²) in [5.41, 5.74) is 6.18. The number of nitrogens with zero attached hydrogens (tertiary/aromatic N) is 2. The molecule has 0 radical (unpaired) electrons. The van der Waals surface area contributed by atoms with E-state index in [2.05, 4.69) is 10.3 Å². The first-order valence-corrected chi connectivity index (χ1v) is 9.69. The number of primary amides is 1. The Labute approximate surface area is 148 Å². The first-order chi connectivity index (χ1) is 11.6. The third-order valence-electron chi connectivity index (χ3n) is 3.93. The van der Waals surface area contributed by atoms with Crippen molar-refractivity contribution in [2.24, 2.45) is 5.73 Å². The molecule has 2 heterocycles. The monoisotopic (exact) mass is 364 g/mol. The number of aromatic nitrogens is 1. The van der Waals surface area contributed by atoms with Gasteiger partial charge in [0, 0.05) is 19.1 Å². The first kappa shape index (κ1) is 17.2. The highest BCUT2D eigenvalue weighted by Gasteiger charge is 2.21. The van der Waals surface area contributed by atoms with Crippen molar-refractivity contribution >= 4 is 45.1 Å². The standard InChI is InChI=1S/C16H20N4O2S2/c17-14(21)9-20-7-5-11(6-8-20)18-15(22)10-23-16-19-12-3-1-2-4-13(12)24-16/h1-4,11H,5-10H2,(H2,17,21)(H,18,22). The Balaban J connectivity index is 1.42. The Morgan fingerprint density at radius 2 is 2.08 bits per heavy atom. The number of hydrogen-bond donors (Lipinski definition) is 2. The summed E-state index contributed by atoms with van der Waals surface area (Å²) in [6, 6.07) is 8.16. The number of nitrogens with two attached hydrogens (primary N) is 1. The Bertz CT molecular complexity index is 693. The summed E-state index contributed by atoms with van der Waals surface area (Å²) in [5, 5.41) is 3.07. The van der Waals surface area contributed by atoms with Crippen LogP contribution in [0.2, 0.25) is 0 Å². The lowest BCUT2D eigenvalue weighted by Crippen LogP contribution is -2.47. The highest BCUT2D eigenvalue weighted by atomic mass is 32.2. The fourth-order valence-electron chi connectivity index (χ4n) is 2.77. The van der Waals surface area contributed by atoms with E-state index < -0.39 is 0 Å². The lowest BCUT2D eigenvalue weighted by Gasteiger charge is -2.31.